The summed E-state index contributed by atoms with van der Waals surface area (Å²) in [5.74, 6) is 1.20. The Morgan fingerprint density at radius 3 is 2.89 bits per heavy atom. The monoisotopic (exact) mass is 283 g/mol. The first-order valence-corrected chi connectivity index (χ1v) is 8.19. The summed E-state index contributed by atoms with van der Waals surface area (Å²) in [7, 11) is -0.845. The highest BCUT2D eigenvalue weighted by atomic mass is 32.2. The van der Waals surface area contributed by atoms with Crippen LogP contribution in [0.25, 0.3) is 0 Å². The van der Waals surface area contributed by atoms with Crippen LogP contribution in [0.1, 0.15) is 32.4 Å². The molecule has 1 aromatic heterocycles. The normalized spacial score (nSPS) is 23.9. The van der Waals surface area contributed by atoms with Crippen molar-refractivity contribution in [2.24, 2.45) is 5.92 Å². The lowest BCUT2D eigenvalue weighted by molar-refractivity contribution is -0.136. The van der Waals surface area contributed by atoms with Crippen molar-refractivity contribution in [2.75, 3.05) is 18.1 Å². The Morgan fingerprint density at radius 2 is 2.32 bits per heavy atom. The molecule has 1 saturated heterocycles. The number of nitrogens with zero attached hydrogens (tertiary/aromatic N) is 3. The van der Waals surface area contributed by atoms with Crippen molar-refractivity contribution in [3.05, 3.63) is 18.0 Å². The molecule has 0 radical (unpaired) electrons. The van der Waals surface area contributed by atoms with Crippen molar-refractivity contribution in [3.63, 3.8) is 0 Å². The van der Waals surface area contributed by atoms with Crippen LogP contribution in [0.15, 0.2) is 12.4 Å². The minimum absolute atomic E-state index is 0.0322. The Hall–Kier alpha value is -1.17. The van der Waals surface area contributed by atoms with Crippen molar-refractivity contribution >= 4 is 16.7 Å². The molecule has 0 spiro atoms. The lowest BCUT2D eigenvalue weighted by Crippen LogP contribution is -2.45. The summed E-state index contributed by atoms with van der Waals surface area (Å²) >= 11 is 0. The van der Waals surface area contributed by atoms with E-state index < -0.39 is 10.8 Å². The second-order valence-electron chi connectivity index (χ2n) is 5.14. The molecule has 1 amide bonds. The molecule has 5 nitrogen and oxygen atoms in total. The zero-order valence-corrected chi connectivity index (χ0v) is 12.5. The first kappa shape index (κ1) is 14.2. The fourth-order valence-electron chi connectivity index (χ4n) is 2.30. The molecular weight excluding hydrogens is 262 g/mol. The Bertz CT molecular complexity index is 484. The Labute approximate surface area is 116 Å². The van der Waals surface area contributed by atoms with Crippen molar-refractivity contribution in [1.29, 1.82) is 0 Å². The van der Waals surface area contributed by atoms with E-state index in [-0.39, 0.29) is 17.9 Å². The predicted molar refractivity (Wildman–Crippen MR) is 75.1 cm³/mol. The van der Waals surface area contributed by atoms with E-state index in [0.717, 1.165) is 12.1 Å². The number of amides is 1. The molecule has 2 rings (SSSR count). The van der Waals surface area contributed by atoms with Crippen LogP contribution >= 0.6 is 0 Å². The molecule has 0 aromatic carbocycles. The van der Waals surface area contributed by atoms with Gasteiger partial charge in [-0.2, -0.15) is 5.10 Å². The molecule has 2 unspecified atom stereocenters. The van der Waals surface area contributed by atoms with Crippen molar-refractivity contribution in [3.8, 4) is 0 Å². The van der Waals surface area contributed by atoms with Gasteiger partial charge in [-0.3, -0.25) is 13.7 Å². The van der Waals surface area contributed by atoms with Gasteiger partial charge in [-0.25, -0.2) is 0 Å². The Morgan fingerprint density at radius 1 is 1.58 bits per heavy atom. The molecule has 1 fully saturated rings. The van der Waals surface area contributed by atoms with Gasteiger partial charge < -0.3 is 4.90 Å². The molecule has 0 N–H and O–H groups in total. The maximum atomic E-state index is 12.3. The van der Waals surface area contributed by atoms with E-state index in [1.807, 2.05) is 36.5 Å². The smallest absolute Gasteiger partial charge is 0.225 e. The third-order valence-electron chi connectivity index (χ3n) is 3.42. The molecule has 0 bridgehead atoms. The quantitative estimate of drug-likeness (QED) is 0.837. The zero-order chi connectivity index (χ0) is 14.0. The number of carbonyl (C=O) groups is 1. The van der Waals surface area contributed by atoms with Crippen LogP contribution in [0.5, 0.6) is 0 Å². The molecule has 0 saturated carbocycles. The maximum Gasteiger partial charge on any atom is 0.225 e. The minimum Gasteiger partial charge on any atom is -0.333 e. The number of hydrogen-bond acceptors (Lipinski definition) is 3. The van der Waals surface area contributed by atoms with E-state index in [1.54, 1.807) is 6.20 Å². The van der Waals surface area contributed by atoms with Gasteiger partial charge in [-0.1, -0.05) is 13.8 Å². The summed E-state index contributed by atoms with van der Waals surface area (Å²) in [6, 6.07) is -0.0928. The van der Waals surface area contributed by atoms with E-state index >= 15 is 0 Å². The second kappa shape index (κ2) is 5.86. The van der Waals surface area contributed by atoms with E-state index in [2.05, 4.69) is 5.10 Å². The number of aryl methyl sites for hydroxylation is 1. The van der Waals surface area contributed by atoms with Gasteiger partial charge in [0.15, 0.2) is 0 Å². The van der Waals surface area contributed by atoms with Crippen LogP contribution < -0.4 is 0 Å². The first-order chi connectivity index (χ1) is 9.02. The van der Waals surface area contributed by atoms with Gasteiger partial charge in [0, 0.05) is 53.1 Å². The third kappa shape index (κ3) is 3.05. The minimum atomic E-state index is -0.845. The third-order valence-corrected chi connectivity index (χ3v) is 4.74. The summed E-state index contributed by atoms with van der Waals surface area (Å²) in [6.45, 7) is 7.20. The summed E-state index contributed by atoms with van der Waals surface area (Å²) in [5.41, 5.74) is 0.990. The first-order valence-electron chi connectivity index (χ1n) is 6.70. The summed E-state index contributed by atoms with van der Waals surface area (Å²) in [6.07, 6.45) is 3.74. The maximum absolute atomic E-state index is 12.3. The van der Waals surface area contributed by atoms with Crippen molar-refractivity contribution < 1.29 is 9.00 Å². The average molecular weight is 283 g/mol. The molecular formula is C13H21N3O2S. The summed E-state index contributed by atoms with van der Waals surface area (Å²) < 4.78 is 13.6. The largest absolute Gasteiger partial charge is 0.333 e. The van der Waals surface area contributed by atoms with Crippen LogP contribution in [0.3, 0.4) is 0 Å². The molecule has 1 aliphatic rings. The Kier molecular flexibility index (Phi) is 4.39. The van der Waals surface area contributed by atoms with Crippen LogP contribution in [-0.4, -0.2) is 42.8 Å². The van der Waals surface area contributed by atoms with Crippen LogP contribution in [0.4, 0.5) is 0 Å². The summed E-state index contributed by atoms with van der Waals surface area (Å²) in [5, 5.41) is 4.25. The van der Waals surface area contributed by atoms with E-state index in [4.69, 9.17) is 0 Å². The molecule has 19 heavy (non-hydrogen) atoms. The van der Waals surface area contributed by atoms with Crippen molar-refractivity contribution in [1.82, 2.24) is 14.7 Å². The second-order valence-corrected chi connectivity index (χ2v) is 6.76. The van der Waals surface area contributed by atoms with Gasteiger partial charge in [0.1, 0.15) is 0 Å². The molecule has 2 heterocycles. The van der Waals surface area contributed by atoms with Gasteiger partial charge in [-0.05, 0) is 6.92 Å². The highest BCUT2D eigenvalue weighted by Crippen LogP contribution is 2.26. The van der Waals surface area contributed by atoms with Gasteiger partial charge in [0.2, 0.25) is 5.91 Å². The molecule has 2 atom stereocenters. The van der Waals surface area contributed by atoms with Gasteiger partial charge in [0.05, 0.1) is 12.2 Å². The van der Waals surface area contributed by atoms with Crippen LogP contribution in [0, 0.1) is 5.92 Å². The SMILES string of the molecule is CCn1cc(C2CS(=O)CCN2C(=O)C(C)C)cn1. The van der Waals surface area contributed by atoms with Gasteiger partial charge >= 0.3 is 0 Å². The van der Waals surface area contributed by atoms with Gasteiger partial charge in [0.25, 0.3) is 0 Å². The summed E-state index contributed by atoms with van der Waals surface area (Å²) in [4.78, 5) is 14.1. The zero-order valence-electron chi connectivity index (χ0n) is 11.7. The lowest BCUT2D eigenvalue weighted by atomic mass is 10.1. The number of rotatable bonds is 3. The highest BCUT2D eigenvalue weighted by molar-refractivity contribution is 7.85. The lowest BCUT2D eigenvalue weighted by Gasteiger charge is -2.36. The fourth-order valence-corrected chi connectivity index (χ4v) is 3.59. The highest BCUT2D eigenvalue weighted by Gasteiger charge is 2.32. The number of hydrogen-bond donors (Lipinski definition) is 0. The van der Waals surface area contributed by atoms with Gasteiger partial charge in [-0.15, -0.1) is 0 Å². The van der Waals surface area contributed by atoms with Crippen LogP contribution in [0.2, 0.25) is 0 Å². The van der Waals surface area contributed by atoms with E-state index in [1.165, 1.54) is 0 Å². The van der Waals surface area contributed by atoms with E-state index in [0.29, 0.717) is 18.1 Å². The fraction of sp³-hybridized carbons (Fsp3) is 0.692. The predicted octanol–water partition coefficient (Wildman–Crippen LogP) is 1.19. The van der Waals surface area contributed by atoms with Crippen LogP contribution in [-0.2, 0) is 22.1 Å². The molecule has 106 valence electrons. The topological polar surface area (TPSA) is 55.2 Å². The molecule has 0 aliphatic carbocycles. The van der Waals surface area contributed by atoms with E-state index in [9.17, 15) is 9.00 Å². The number of aromatic nitrogens is 2. The standard InChI is InChI=1S/C13H21N3O2S/c1-4-15-8-11(7-14-15)12-9-19(18)6-5-16(12)13(17)10(2)3/h7-8,10,12H,4-6,9H2,1-3H3. The molecule has 1 aliphatic heterocycles. The molecule has 6 heteroatoms. The number of carbonyl (C=O) groups excluding carboxylic acids is 1. The average Bonchev–Trinajstić information content (AvgIpc) is 2.86. The molecule has 1 aromatic rings. The van der Waals surface area contributed by atoms with Crippen molar-refractivity contribution in [2.45, 2.75) is 33.4 Å². The Balaban J connectivity index is 2.26.